The zero-order chi connectivity index (χ0) is 14.1. The van der Waals surface area contributed by atoms with Crippen LogP contribution in [0.5, 0.6) is 0 Å². The molecular weight excluding hydrogens is 268 g/mol. The Labute approximate surface area is 116 Å². The molecule has 1 heterocycles. The van der Waals surface area contributed by atoms with Crippen molar-refractivity contribution in [2.75, 3.05) is 38.8 Å². The Balaban J connectivity index is 2.18. The van der Waals surface area contributed by atoms with E-state index in [1.807, 2.05) is 0 Å². The Morgan fingerprint density at radius 3 is 2.84 bits per heavy atom. The van der Waals surface area contributed by atoms with Gasteiger partial charge in [0.2, 0.25) is 0 Å². The van der Waals surface area contributed by atoms with Gasteiger partial charge in [0, 0.05) is 20.3 Å². The summed E-state index contributed by atoms with van der Waals surface area (Å²) in [5.74, 6) is -0.934. The predicted molar refractivity (Wildman–Crippen MR) is 74.2 cm³/mol. The van der Waals surface area contributed by atoms with Crippen LogP contribution in [0, 0.1) is 6.92 Å². The molecule has 1 rings (SSSR count). The normalized spacial score (nSPS) is 10.6. The second-order valence-electron chi connectivity index (χ2n) is 4.02. The van der Waals surface area contributed by atoms with Gasteiger partial charge < -0.3 is 19.9 Å². The molecule has 0 aliphatic heterocycles. The summed E-state index contributed by atoms with van der Waals surface area (Å²) < 4.78 is 14.2. The van der Waals surface area contributed by atoms with E-state index in [1.165, 1.54) is 11.5 Å². The summed E-state index contributed by atoms with van der Waals surface area (Å²) in [6.07, 6.45) is 1.85. The summed E-state index contributed by atoms with van der Waals surface area (Å²) in [6, 6.07) is 0. The van der Waals surface area contributed by atoms with E-state index >= 15 is 0 Å². The number of carbonyl (C=O) groups is 1. The van der Waals surface area contributed by atoms with Crippen LogP contribution in [0.15, 0.2) is 0 Å². The molecule has 0 atom stereocenters. The summed E-state index contributed by atoms with van der Waals surface area (Å²) in [4.78, 5) is 11.0. The maximum Gasteiger partial charge on any atom is 0.340 e. The fourth-order valence-corrected chi connectivity index (χ4v) is 2.33. The van der Waals surface area contributed by atoms with Gasteiger partial charge in [-0.15, -0.1) is 0 Å². The maximum absolute atomic E-state index is 11.0. The van der Waals surface area contributed by atoms with Gasteiger partial charge in [-0.05, 0) is 31.3 Å². The lowest BCUT2D eigenvalue weighted by molar-refractivity contribution is 0.0690. The Hall–Kier alpha value is -1.18. The van der Waals surface area contributed by atoms with Gasteiger partial charge in [-0.25, -0.2) is 4.79 Å². The first kappa shape index (κ1) is 15.9. The number of hydrogen-bond acceptors (Lipinski definition) is 6. The highest BCUT2D eigenvalue weighted by Crippen LogP contribution is 2.24. The fraction of sp³-hybridized carbons (Fsp3) is 0.667. The molecule has 1 aromatic heterocycles. The molecule has 0 saturated heterocycles. The molecule has 0 aromatic carbocycles. The van der Waals surface area contributed by atoms with Gasteiger partial charge in [0.05, 0.1) is 18.9 Å². The average molecular weight is 288 g/mol. The number of rotatable bonds is 10. The molecule has 0 spiro atoms. The van der Waals surface area contributed by atoms with Crippen molar-refractivity contribution in [3.63, 3.8) is 0 Å². The molecule has 7 heteroatoms. The van der Waals surface area contributed by atoms with Crippen molar-refractivity contribution in [3.8, 4) is 0 Å². The summed E-state index contributed by atoms with van der Waals surface area (Å²) >= 11 is 1.19. The van der Waals surface area contributed by atoms with Gasteiger partial charge in [-0.2, -0.15) is 4.37 Å². The second-order valence-corrected chi connectivity index (χ2v) is 4.79. The van der Waals surface area contributed by atoms with E-state index in [-0.39, 0.29) is 5.56 Å². The first-order valence-electron chi connectivity index (χ1n) is 6.17. The number of carboxylic acid groups (broad SMARTS) is 1. The van der Waals surface area contributed by atoms with Crippen LogP contribution in [0.4, 0.5) is 5.00 Å². The van der Waals surface area contributed by atoms with Crippen LogP contribution in [0.25, 0.3) is 0 Å². The second kappa shape index (κ2) is 8.84. The molecule has 0 fully saturated rings. The molecule has 0 amide bonds. The summed E-state index contributed by atoms with van der Waals surface area (Å²) in [5, 5.41) is 12.8. The Bertz CT molecular complexity index is 395. The van der Waals surface area contributed by atoms with Crippen LogP contribution in [0.1, 0.15) is 28.9 Å². The average Bonchev–Trinajstić information content (AvgIpc) is 2.74. The van der Waals surface area contributed by atoms with Crippen LogP contribution in [-0.2, 0) is 9.47 Å². The van der Waals surface area contributed by atoms with Crippen molar-refractivity contribution in [2.24, 2.45) is 0 Å². The third-order valence-corrected chi connectivity index (χ3v) is 3.41. The van der Waals surface area contributed by atoms with Gasteiger partial charge in [0.25, 0.3) is 0 Å². The van der Waals surface area contributed by atoms with E-state index in [0.29, 0.717) is 30.5 Å². The molecular formula is C12H20N2O4S. The number of aromatic carboxylic acids is 1. The zero-order valence-corrected chi connectivity index (χ0v) is 12.1. The minimum atomic E-state index is -0.934. The lowest BCUT2D eigenvalue weighted by atomic mass is 10.2. The van der Waals surface area contributed by atoms with Gasteiger partial charge in [-0.1, -0.05) is 0 Å². The van der Waals surface area contributed by atoms with Crippen LogP contribution in [-0.4, -0.2) is 48.9 Å². The van der Waals surface area contributed by atoms with Gasteiger partial charge in [0.15, 0.2) is 0 Å². The van der Waals surface area contributed by atoms with Crippen LogP contribution >= 0.6 is 11.5 Å². The van der Waals surface area contributed by atoms with Gasteiger partial charge in [-0.3, -0.25) is 0 Å². The molecule has 2 N–H and O–H groups in total. The number of aryl methyl sites for hydroxylation is 1. The quantitative estimate of drug-likeness (QED) is 0.641. The number of unbranched alkanes of at least 4 members (excludes halogenated alkanes) is 1. The first-order chi connectivity index (χ1) is 9.16. The van der Waals surface area contributed by atoms with Crippen molar-refractivity contribution in [3.05, 3.63) is 11.3 Å². The van der Waals surface area contributed by atoms with E-state index < -0.39 is 5.97 Å². The Kier molecular flexibility index (Phi) is 7.39. The first-order valence-corrected chi connectivity index (χ1v) is 6.94. The van der Waals surface area contributed by atoms with E-state index in [4.69, 9.17) is 14.6 Å². The molecule has 108 valence electrons. The molecule has 19 heavy (non-hydrogen) atoms. The van der Waals surface area contributed by atoms with E-state index in [9.17, 15) is 4.79 Å². The standard InChI is InChI=1S/C12H20N2O4S/c1-9-10(12(15)16)11(19-14-9)13-5-3-4-6-18-8-7-17-2/h13H,3-8H2,1-2H3,(H,15,16). The smallest absolute Gasteiger partial charge is 0.340 e. The van der Waals surface area contributed by atoms with Crippen LogP contribution in [0.3, 0.4) is 0 Å². The van der Waals surface area contributed by atoms with Crippen molar-refractivity contribution in [1.29, 1.82) is 0 Å². The zero-order valence-electron chi connectivity index (χ0n) is 11.3. The highest BCUT2D eigenvalue weighted by atomic mass is 32.1. The highest BCUT2D eigenvalue weighted by molar-refractivity contribution is 7.10. The SMILES string of the molecule is COCCOCCCCNc1snc(C)c1C(=O)O. The molecule has 6 nitrogen and oxygen atoms in total. The van der Waals surface area contributed by atoms with E-state index in [1.54, 1.807) is 14.0 Å². The lowest BCUT2D eigenvalue weighted by Crippen LogP contribution is -2.08. The van der Waals surface area contributed by atoms with Crippen molar-refractivity contribution in [1.82, 2.24) is 4.37 Å². The van der Waals surface area contributed by atoms with Crippen LogP contribution < -0.4 is 5.32 Å². The topological polar surface area (TPSA) is 80.7 Å². The molecule has 0 unspecified atom stereocenters. The number of nitrogens with one attached hydrogen (secondary N) is 1. The number of carboxylic acids is 1. The minimum absolute atomic E-state index is 0.279. The number of ether oxygens (including phenoxy) is 2. The Morgan fingerprint density at radius 2 is 2.16 bits per heavy atom. The van der Waals surface area contributed by atoms with Crippen molar-refractivity contribution < 1.29 is 19.4 Å². The molecule has 1 aromatic rings. The Morgan fingerprint density at radius 1 is 1.37 bits per heavy atom. The lowest BCUT2D eigenvalue weighted by Gasteiger charge is -2.05. The summed E-state index contributed by atoms with van der Waals surface area (Å²) in [6.45, 7) is 4.34. The summed E-state index contributed by atoms with van der Waals surface area (Å²) in [7, 11) is 1.64. The van der Waals surface area contributed by atoms with Crippen molar-refractivity contribution in [2.45, 2.75) is 19.8 Å². The van der Waals surface area contributed by atoms with Gasteiger partial charge in [0.1, 0.15) is 10.6 Å². The number of methoxy groups -OCH3 is 1. The number of aromatic nitrogens is 1. The largest absolute Gasteiger partial charge is 0.478 e. The predicted octanol–water partition coefficient (Wildman–Crippen LogP) is 2.00. The number of nitrogens with zero attached hydrogens (tertiary/aromatic N) is 1. The number of hydrogen-bond donors (Lipinski definition) is 2. The fourth-order valence-electron chi connectivity index (χ4n) is 1.52. The third kappa shape index (κ3) is 5.54. The highest BCUT2D eigenvalue weighted by Gasteiger charge is 2.16. The number of anilines is 1. The third-order valence-electron chi connectivity index (χ3n) is 2.51. The molecule has 0 aliphatic rings. The molecule has 0 saturated carbocycles. The molecule has 0 bridgehead atoms. The minimum Gasteiger partial charge on any atom is -0.478 e. The molecule has 0 radical (unpaired) electrons. The summed E-state index contributed by atoms with van der Waals surface area (Å²) in [5.41, 5.74) is 0.837. The van der Waals surface area contributed by atoms with E-state index in [0.717, 1.165) is 19.4 Å². The van der Waals surface area contributed by atoms with E-state index in [2.05, 4.69) is 9.69 Å². The van der Waals surface area contributed by atoms with Crippen molar-refractivity contribution >= 4 is 22.5 Å². The molecule has 0 aliphatic carbocycles. The van der Waals surface area contributed by atoms with Crippen LogP contribution in [0.2, 0.25) is 0 Å². The van der Waals surface area contributed by atoms with Gasteiger partial charge >= 0.3 is 5.97 Å². The monoisotopic (exact) mass is 288 g/mol. The maximum atomic E-state index is 11.0.